The Morgan fingerprint density at radius 3 is 2.78 bits per heavy atom. The number of amidine groups is 1. The van der Waals surface area contributed by atoms with Gasteiger partial charge in [-0.1, -0.05) is 18.2 Å². The van der Waals surface area contributed by atoms with Crippen LogP contribution in [0.15, 0.2) is 51.7 Å². The molecule has 0 bridgehead atoms. The van der Waals surface area contributed by atoms with Gasteiger partial charge in [0.25, 0.3) is 15.9 Å². The third kappa shape index (κ3) is 2.98. The number of amides is 1. The van der Waals surface area contributed by atoms with E-state index in [1.54, 1.807) is 30.3 Å². The van der Waals surface area contributed by atoms with Crippen LogP contribution in [0.25, 0.3) is 0 Å². The fourth-order valence-corrected chi connectivity index (χ4v) is 4.21. The summed E-state index contributed by atoms with van der Waals surface area (Å²) in [5.74, 6) is -0.337. The minimum Gasteiger partial charge on any atom is -0.277 e. The second kappa shape index (κ2) is 6.11. The molecule has 2 N–H and O–H groups in total. The summed E-state index contributed by atoms with van der Waals surface area (Å²) in [5.41, 5.74) is 2.68. The number of hydroxylamine groups is 1. The quantitative estimate of drug-likeness (QED) is 0.809. The Bertz CT molecular complexity index is 860. The van der Waals surface area contributed by atoms with Gasteiger partial charge in [0.1, 0.15) is 5.84 Å². The van der Waals surface area contributed by atoms with Crippen LogP contribution in [0.5, 0.6) is 0 Å². The molecule has 1 aromatic heterocycles. The number of aliphatic imine (C=N–C) groups is 1. The van der Waals surface area contributed by atoms with E-state index in [4.69, 9.17) is 0 Å². The molecule has 0 aliphatic carbocycles. The van der Waals surface area contributed by atoms with Crippen LogP contribution in [0, 0.1) is 0 Å². The molecule has 0 fully saturated rings. The van der Waals surface area contributed by atoms with Gasteiger partial charge in [-0.05, 0) is 23.6 Å². The van der Waals surface area contributed by atoms with E-state index >= 15 is 0 Å². The molecule has 3 rings (SSSR count). The number of nitrogens with zero attached hydrogens (tertiary/aromatic N) is 1. The minimum absolute atomic E-state index is 0.144. The number of hydrogen-bond donors (Lipinski definition) is 2. The van der Waals surface area contributed by atoms with Gasteiger partial charge in [-0.3, -0.25) is 14.4 Å². The van der Waals surface area contributed by atoms with Gasteiger partial charge in [-0.2, -0.15) is 0 Å². The maximum Gasteiger partial charge on any atom is 0.273 e. The van der Waals surface area contributed by atoms with Crippen LogP contribution in [0.1, 0.15) is 16.5 Å². The maximum atomic E-state index is 12.2. The summed E-state index contributed by atoms with van der Waals surface area (Å²) in [6.07, 6.45) is 0. The van der Waals surface area contributed by atoms with Gasteiger partial charge in [0, 0.05) is 10.4 Å². The summed E-state index contributed by atoms with van der Waals surface area (Å²) < 4.78 is 26.6. The van der Waals surface area contributed by atoms with E-state index in [9.17, 15) is 13.2 Å². The van der Waals surface area contributed by atoms with E-state index in [0.29, 0.717) is 10.4 Å². The van der Waals surface area contributed by atoms with Crippen molar-refractivity contribution in [1.82, 2.24) is 10.2 Å². The smallest absolute Gasteiger partial charge is 0.273 e. The number of nitrogens with one attached hydrogen (secondary N) is 2. The van der Waals surface area contributed by atoms with E-state index < -0.39 is 22.0 Å². The highest BCUT2D eigenvalue weighted by Gasteiger charge is 2.32. The highest BCUT2D eigenvalue weighted by Crippen LogP contribution is 2.27. The average Bonchev–Trinajstić information content (AvgIpc) is 3.13. The van der Waals surface area contributed by atoms with Crippen LogP contribution in [0.3, 0.4) is 0 Å². The van der Waals surface area contributed by atoms with Gasteiger partial charge in [-0.15, -0.1) is 11.3 Å². The topological polar surface area (TPSA) is 96.9 Å². The van der Waals surface area contributed by atoms with E-state index in [1.165, 1.54) is 24.5 Å². The van der Waals surface area contributed by atoms with Gasteiger partial charge in [0.2, 0.25) is 0 Å². The average molecular weight is 351 g/mol. The monoisotopic (exact) mass is 351 g/mol. The van der Waals surface area contributed by atoms with Crippen LogP contribution in [0.4, 0.5) is 0 Å². The van der Waals surface area contributed by atoms with Crippen molar-refractivity contribution in [2.24, 2.45) is 4.99 Å². The lowest BCUT2D eigenvalue weighted by atomic mass is 10.2. The fraction of sp³-hybridized carbons (Fsp3) is 0.143. The zero-order chi connectivity index (χ0) is 16.4. The van der Waals surface area contributed by atoms with Crippen molar-refractivity contribution in [2.75, 3.05) is 7.11 Å². The zero-order valence-electron chi connectivity index (χ0n) is 12.0. The Kier molecular flexibility index (Phi) is 4.16. The second-order valence-corrected chi connectivity index (χ2v) is 7.30. The molecule has 0 radical (unpaired) electrons. The Morgan fingerprint density at radius 1 is 1.30 bits per heavy atom. The highest BCUT2D eigenvalue weighted by atomic mass is 32.2. The standard InChI is InChI=1S/C14H13N3O4S2/c1-21-16-14(18)12(10-6-4-8-22-10)15-13-9-5-2-3-7-11(9)23(19,20)17-13/h2-8,12H,1H3,(H,15,17)(H,16,18). The lowest BCUT2D eigenvalue weighted by molar-refractivity contribution is -0.132. The zero-order valence-corrected chi connectivity index (χ0v) is 13.6. The SMILES string of the molecule is CONC(=O)C(N=C1NS(=O)(=O)c2ccccc21)c1cccs1. The van der Waals surface area contributed by atoms with Crippen LogP contribution in [-0.4, -0.2) is 27.3 Å². The van der Waals surface area contributed by atoms with Crippen molar-refractivity contribution in [2.45, 2.75) is 10.9 Å². The molecular weight excluding hydrogens is 338 g/mol. The van der Waals surface area contributed by atoms with Gasteiger partial charge < -0.3 is 0 Å². The summed E-state index contributed by atoms with van der Waals surface area (Å²) in [4.78, 5) is 22.0. The van der Waals surface area contributed by atoms with E-state index in [-0.39, 0.29) is 10.7 Å². The summed E-state index contributed by atoms with van der Waals surface area (Å²) >= 11 is 1.35. The lowest BCUT2D eigenvalue weighted by Crippen LogP contribution is -2.30. The predicted molar refractivity (Wildman–Crippen MR) is 85.5 cm³/mol. The fourth-order valence-electron chi connectivity index (χ4n) is 2.21. The Hall–Kier alpha value is -2.23. The normalized spacial score (nSPS) is 18.2. The first kappa shape index (κ1) is 15.7. The third-order valence-electron chi connectivity index (χ3n) is 3.18. The Morgan fingerprint density at radius 2 is 2.09 bits per heavy atom. The first-order valence-corrected chi connectivity index (χ1v) is 8.95. The van der Waals surface area contributed by atoms with Crippen molar-refractivity contribution >= 4 is 33.1 Å². The molecule has 1 atom stereocenters. The molecule has 7 nitrogen and oxygen atoms in total. The largest absolute Gasteiger partial charge is 0.277 e. The number of sulfonamides is 1. The Balaban J connectivity index is 2.06. The van der Waals surface area contributed by atoms with Crippen molar-refractivity contribution in [3.63, 3.8) is 0 Å². The molecule has 120 valence electrons. The van der Waals surface area contributed by atoms with Gasteiger partial charge in [-0.25, -0.2) is 18.9 Å². The number of carbonyl (C=O) groups excluding carboxylic acids is 1. The molecule has 0 saturated heterocycles. The van der Waals surface area contributed by atoms with E-state index in [2.05, 4.69) is 20.0 Å². The second-order valence-electron chi connectivity index (χ2n) is 4.67. The third-order valence-corrected chi connectivity index (χ3v) is 5.51. The van der Waals surface area contributed by atoms with Crippen LogP contribution >= 0.6 is 11.3 Å². The van der Waals surface area contributed by atoms with Crippen molar-refractivity contribution in [1.29, 1.82) is 0 Å². The van der Waals surface area contributed by atoms with Crippen LogP contribution in [0.2, 0.25) is 0 Å². The molecule has 2 heterocycles. The molecule has 1 aliphatic rings. The maximum absolute atomic E-state index is 12.2. The first-order valence-electron chi connectivity index (χ1n) is 6.59. The molecule has 1 aliphatic heterocycles. The van der Waals surface area contributed by atoms with E-state index in [0.717, 1.165) is 0 Å². The number of rotatable bonds is 4. The van der Waals surface area contributed by atoms with Gasteiger partial charge >= 0.3 is 0 Å². The molecule has 9 heteroatoms. The number of thiophene rings is 1. The van der Waals surface area contributed by atoms with Gasteiger partial charge in [0.05, 0.1) is 12.0 Å². The highest BCUT2D eigenvalue weighted by molar-refractivity contribution is 7.90. The van der Waals surface area contributed by atoms with Crippen molar-refractivity contribution in [3.05, 3.63) is 52.2 Å². The molecule has 23 heavy (non-hydrogen) atoms. The van der Waals surface area contributed by atoms with Gasteiger partial charge in [0.15, 0.2) is 6.04 Å². The molecule has 2 aromatic rings. The summed E-state index contributed by atoms with van der Waals surface area (Å²) in [5, 5.41) is 1.81. The molecule has 1 amide bonds. The van der Waals surface area contributed by atoms with Crippen molar-refractivity contribution < 1.29 is 18.0 Å². The van der Waals surface area contributed by atoms with Crippen molar-refractivity contribution in [3.8, 4) is 0 Å². The molecule has 1 unspecified atom stereocenters. The molecule has 0 spiro atoms. The number of fused-ring (bicyclic) bond motifs is 1. The molecule has 0 saturated carbocycles. The summed E-state index contributed by atoms with van der Waals surface area (Å²) in [6, 6.07) is 9.13. The number of hydrogen-bond acceptors (Lipinski definition) is 6. The molecule has 1 aromatic carbocycles. The van der Waals surface area contributed by atoms with E-state index in [1.807, 2.05) is 5.38 Å². The van der Waals surface area contributed by atoms with Crippen LogP contribution in [-0.2, 0) is 19.7 Å². The molecular formula is C14H13N3O4S2. The summed E-state index contributed by atoms with van der Waals surface area (Å²) in [7, 11) is -2.32. The Labute approximate surface area is 137 Å². The summed E-state index contributed by atoms with van der Waals surface area (Å²) in [6.45, 7) is 0. The first-order chi connectivity index (χ1) is 11.0. The number of carbonyl (C=O) groups is 1. The number of benzene rings is 1. The lowest BCUT2D eigenvalue weighted by Gasteiger charge is -2.11. The van der Waals surface area contributed by atoms with Crippen LogP contribution < -0.4 is 10.2 Å². The minimum atomic E-state index is -3.65. The predicted octanol–water partition coefficient (Wildman–Crippen LogP) is 1.21.